The highest BCUT2D eigenvalue weighted by Crippen LogP contribution is 2.24. The number of pyridine rings is 1. The second kappa shape index (κ2) is 8.14. The largest absolute Gasteiger partial charge is 0.468 e. The summed E-state index contributed by atoms with van der Waals surface area (Å²) < 4.78 is 7.51. The number of nitrogens with zero attached hydrogens (tertiary/aromatic N) is 4. The molecular weight excluding hydrogens is 354 g/mol. The van der Waals surface area contributed by atoms with Crippen LogP contribution in [0.25, 0.3) is 11.0 Å². The zero-order valence-corrected chi connectivity index (χ0v) is 16.5. The number of piperidine rings is 1. The van der Waals surface area contributed by atoms with Crippen molar-refractivity contribution in [2.75, 3.05) is 19.6 Å². The number of fused-ring (bicyclic) bond motifs is 1. The number of rotatable bonds is 6. The third-order valence-electron chi connectivity index (χ3n) is 5.34. The van der Waals surface area contributed by atoms with Gasteiger partial charge >= 0.3 is 0 Å². The number of carbonyl (C=O) groups excluding carboxylic acids is 1. The molecule has 0 radical (unpaired) electrons. The standard InChI is InChI=1S/C21H27N5O2/c1-15(2)26-20-16(13-24-26)11-17(12-22-20)21(27)23-14-18(19-7-6-10-28-19)25-8-4-3-5-9-25/h6-7,10-13,15,18H,3-5,8-9,14H2,1-2H3,(H,23,27)/t18-/m0/s1. The molecular formula is C21H27N5O2. The van der Waals surface area contributed by atoms with E-state index >= 15 is 0 Å². The van der Waals surface area contributed by atoms with Crippen LogP contribution in [0.5, 0.6) is 0 Å². The molecule has 1 saturated heterocycles. The van der Waals surface area contributed by atoms with Crippen LogP contribution in [0.4, 0.5) is 0 Å². The molecule has 148 valence electrons. The molecule has 0 unspecified atom stereocenters. The Morgan fingerprint density at radius 3 is 2.79 bits per heavy atom. The fourth-order valence-electron chi connectivity index (χ4n) is 3.85. The van der Waals surface area contributed by atoms with Gasteiger partial charge in [-0.3, -0.25) is 9.69 Å². The van der Waals surface area contributed by atoms with E-state index in [1.165, 1.54) is 19.3 Å². The lowest BCUT2D eigenvalue weighted by atomic mass is 10.1. The molecule has 3 aromatic rings. The molecule has 28 heavy (non-hydrogen) atoms. The van der Waals surface area contributed by atoms with Gasteiger partial charge in [-0.2, -0.15) is 5.10 Å². The zero-order chi connectivity index (χ0) is 19.5. The van der Waals surface area contributed by atoms with E-state index in [1.807, 2.05) is 22.9 Å². The molecule has 0 saturated carbocycles. The normalized spacial score (nSPS) is 16.5. The summed E-state index contributed by atoms with van der Waals surface area (Å²) in [5, 5.41) is 8.31. The van der Waals surface area contributed by atoms with Gasteiger partial charge in [0.25, 0.3) is 5.91 Å². The lowest BCUT2D eigenvalue weighted by Crippen LogP contribution is -2.40. The lowest BCUT2D eigenvalue weighted by molar-refractivity contribution is 0.0914. The summed E-state index contributed by atoms with van der Waals surface area (Å²) in [6.07, 6.45) is 8.72. The van der Waals surface area contributed by atoms with Crippen molar-refractivity contribution in [2.24, 2.45) is 0 Å². The van der Waals surface area contributed by atoms with Crippen molar-refractivity contribution in [3.63, 3.8) is 0 Å². The van der Waals surface area contributed by atoms with Gasteiger partial charge in [0.05, 0.1) is 24.1 Å². The maximum atomic E-state index is 12.8. The first-order valence-corrected chi connectivity index (χ1v) is 10.0. The molecule has 7 nitrogen and oxygen atoms in total. The van der Waals surface area contributed by atoms with E-state index in [4.69, 9.17) is 4.42 Å². The quantitative estimate of drug-likeness (QED) is 0.706. The van der Waals surface area contributed by atoms with Gasteiger partial charge < -0.3 is 9.73 Å². The summed E-state index contributed by atoms with van der Waals surface area (Å²) >= 11 is 0. The molecule has 0 aliphatic carbocycles. The Morgan fingerprint density at radius 2 is 2.07 bits per heavy atom. The third-order valence-corrected chi connectivity index (χ3v) is 5.34. The van der Waals surface area contributed by atoms with Crippen LogP contribution < -0.4 is 5.32 Å². The maximum absolute atomic E-state index is 12.8. The van der Waals surface area contributed by atoms with Crippen molar-refractivity contribution in [1.82, 2.24) is 25.0 Å². The number of likely N-dealkylation sites (tertiary alicyclic amines) is 1. The molecule has 3 aromatic heterocycles. The van der Waals surface area contributed by atoms with Crippen LogP contribution in [0.3, 0.4) is 0 Å². The van der Waals surface area contributed by atoms with Crippen LogP contribution in [0.2, 0.25) is 0 Å². The molecule has 4 heterocycles. The number of furan rings is 1. The Morgan fingerprint density at radius 1 is 1.25 bits per heavy atom. The van der Waals surface area contributed by atoms with Crippen LogP contribution in [-0.2, 0) is 0 Å². The second-order valence-corrected chi connectivity index (χ2v) is 7.66. The van der Waals surface area contributed by atoms with E-state index in [0.717, 1.165) is 29.9 Å². The van der Waals surface area contributed by atoms with Crippen LogP contribution in [0, 0.1) is 0 Å². The average molecular weight is 381 g/mol. The molecule has 0 spiro atoms. The predicted octanol–water partition coefficient (Wildman–Crippen LogP) is 3.56. The highest BCUT2D eigenvalue weighted by atomic mass is 16.3. The molecule has 0 bridgehead atoms. The van der Waals surface area contributed by atoms with E-state index in [-0.39, 0.29) is 18.0 Å². The van der Waals surface area contributed by atoms with Gasteiger partial charge in [0.1, 0.15) is 5.76 Å². The third kappa shape index (κ3) is 3.80. The van der Waals surface area contributed by atoms with Gasteiger partial charge in [-0.1, -0.05) is 6.42 Å². The van der Waals surface area contributed by atoms with E-state index < -0.39 is 0 Å². The van der Waals surface area contributed by atoms with E-state index in [1.54, 1.807) is 18.7 Å². The average Bonchev–Trinajstić information content (AvgIpc) is 3.38. The van der Waals surface area contributed by atoms with E-state index in [9.17, 15) is 4.79 Å². The van der Waals surface area contributed by atoms with Crippen molar-refractivity contribution in [3.8, 4) is 0 Å². The molecule has 4 rings (SSSR count). The van der Waals surface area contributed by atoms with Gasteiger partial charge in [0.15, 0.2) is 5.65 Å². The lowest BCUT2D eigenvalue weighted by Gasteiger charge is -2.33. The van der Waals surface area contributed by atoms with Gasteiger partial charge in [-0.05, 0) is 58.0 Å². The number of carbonyl (C=O) groups is 1. The summed E-state index contributed by atoms with van der Waals surface area (Å²) in [6, 6.07) is 6.02. The summed E-state index contributed by atoms with van der Waals surface area (Å²) in [7, 11) is 0. The van der Waals surface area contributed by atoms with Gasteiger partial charge in [0.2, 0.25) is 0 Å². The van der Waals surface area contributed by atoms with Crippen molar-refractivity contribution >= 4 is 16.9 Å². The first-order chi connectivity index (χ1) is 13.6. The monoisotopic (exact) mass is 381 g/mol. The van der Waals surface area contributed by atoms with Crippen molar-refractivity contribution in [2.45, 2.75) is 45.2 Å². The minimum Gasteiger partial charge on any atom is -0.468 e. The van der Waals surface area contributed by atoms with Crippen molar-refractivity contribution < 1.29 is 9.21 Å². The molecule has 1 fully saturated rings. The fourth-order valence-corrected chi connectivity index (χ4v) is 3.85. The molecule has 1 atom stereocenters. The van der Waals surface area contributed by atoms with Gasteiger partial charge in [-0.15, -0.1) is 0 Å². The van der Waals surface area contributed by atoms with E-state index in [2.05, 4.69) is 34.1 Å². The SMILES string of the molecule is CC(C)n1ncc2cc(C(=O)NC[C@@H](c3ccco3)N3CCCCC3)cnc21. The van der Waals surface area contributed by atoms with Gasteiger partial charge in [-0.25, -0.2) is 9.67 Å². The topological polar surface area (TPSA) is 76.2 Å². The molecule has 1 aliphatic rings. The summed E-state index contributed by atoms with van der Waals surface area (Å²) in [5.41, 5.74) is 1.35. The van der Waals surface area contributed by atoms with Crippen molar-refractivity contribution in [3.05, 3.63) is 48.2 Å². The highest BCUT2D eigenvalue weighted by molar-refractivity contribution is 5.96. The molecule has 0 aromatic carbocycles. The molecule has 1 N–H and O–H groups in total. The highest BCUT2D eigenvalue weighted by Gasteiger charge is 2.25. The first kappa shape index (κ1) is 18.7. The van der Waals surface area contributed by atoms with Crippen molar-refractivity contribution in [1.29, 1.82) is 0 Å². The molecule has 1 amide bonds. The summed E-state index contributed by atoms with van der Waals surface area (Å²) in [5.74, 6) is 0.772. The summed E-state index contributed by atoms with van der Waals surface area (Å²) in [6.45, 7) is 6.69. The smallest absolute Gasteiger partial charge is 0.252 e. The minimum atomic E-state index is -0.125. The Labute approximate surface area is 164 Å². The van der Waals surface area contributed by atoms with Crippen LogP contribution in [0.15, 0.2) is 41.3 Å². The molecule has 7 heteroatoms. The minimum absolute atomic E-state index is 0.0552. The Balaban J connectivity index is 1.48. The zero-order valence-electron chi connectivity index (χ0n) is 16.5. The molecule has 1 aliphatic heterocycles. The summed E-state index contributed by atoms with van der Waals surface area (Å²) in [4.78, 5) is 19.6. The number of amides is 1. The Hall–Kier alpha value is -2.67. The van der Waals surface area contributed by atoms with Crippen LogP contribution in [-0.4, -0.2) is 45.2 Å². The number of aromatic nitrogens is 3. The predicted molar refractivity (Wildman–Crippen MR) is 107 cm³/mol. The second-order valence-electron chi connectivity index (χ2n) is 7.66. The number of hydrogen-bond donors (Lipinski definition) is 1. The Kier molecular flexibility index (Phi) is 5.43. The Bertz CT molecular complexity index is 926. The first-order valence-electron chi connectivity index (χ1n) is 10.0. The van der Waals surface area contributed by atoms with Crippen LogP contribution >= 0.6 is 0 Å². The maximum Gasteiger partial charge on any atom is 0.252 e. The number of nitrogens with one attached hydrogen (secondary N) is 1. The van der Waals surface area contributed by atoms with Crippen LogP contribution in [0.1, 0.15) is 61.3 Å². The fraction of sp³-hybridized carbons (Fsp3) is 0.476. The number of hydrogen-bond acceptors (Lipinski definition) is 5. The van der Waals surface area contributed by atoms with Gasteiger partial charge in [0, 0.05) is 24.2 Å². The van der Waals surface area contributed by atoms with E-state index in [0.29, 0.717) is 12.1 Å².